The van der Waals surface area contributed by atoms with Crippen molar-refractivity contribution in [3.05, 3.63) is 140 Å². The minimum absolute atomic E-state index is 1.03. The topological polar surface area (TPSA) is 22.8 Å². The molecule has 186 valence electrons. The molecule has 0 atom stereocenters. The molecule has 3 heteroatoms. The molecule has 0 bridgehead atoms. The van der Waals surface area contributed by atoms with Gasteiger partial charge in [0.2, 0.25) is 0 Å². The second-order valence-electron chi connectivity index (χ2n) is 10.4. The van der Waals surface area contributed by atoms with Crippen LogP contribution < -0.4 is 0 Å². The van der Waals surface area contributed by atoms with Gasteiger partial charge < -0.3 is 9.13 Å². The molecule has 3 aromatic heterocycles. The SMILES string of the molecule is c1ccc(-n2c3ccccc3c3ccc4c5ccccc5n(-c5cccc6ccc7cccnc7c56)c4c32)cc1. The van der Waals surface area contributed by atoms with Gasteiger partial charge in [-0.05, 0) is 41.8 Å². The predicted molar refractivity (Wildman–Crippen MR) is 168 cm³/mol. The van der Waals surface area contributed by atoms with Crippen molar-refractivity contribution in [1.82, 2.24) is 14.1 Å². The fourth-order valence-corrected chi connectivity index (χ4v) is 6.68. The molecule has 3 heterocycles. The Morgan fingerprint density at radius 2 is 1.05 bits per heavy atom. The first kappa shape index (κ1) is 21.5. The van der Waals surface area contributed by atoms with Crippen LogP contribution in [0.5, 0.6) is 0 Å². The van der Waals surface area contributed by atoms with Gasteiger partial charge in [0.25, 0.3) is 0 Å². The van der Waals surface area contributed by atoms with Crippen molar-refractivity contribution in [2.24, 2.45) is 0 Å². The quantitative estimate of drug-likeness (QED) is 0.213. The van der Waals surface area contributed by atoms with Gasteiger partial charge >= 0.3 is 0 Å². The monoisotopic (exact) mass is 509 g/mol. The molecule has 40 heavy (non-hydrogen) atoms. The van der Waals surface area contributed by atoms with Crippen molar-refractivity contribution >= 4 is 65.3 Å². The Morgan fingerprint density at radius 3 is 1.82 bits per heavy atom. The minimum Gasteiger partial charge on any atom is -0.307 e. The Bertz CT molecular complexity index is 2430. The smallest absolute Gasteiger partial charge is 0.0801 e. The summed E-state index contributed by atoms with van der Waals surface area (Å²) in [6, 6.07) is 48.0. The molecular weight excluding hydrogens is 486 g/mol. The average Bonchev–Trinajstić information content (AvgIpc) is 3.54. The summed E-state index contributed by atoms with van der Waals surface area (Å²) in [4.78, 5) is 4.88. The van der Waals surface area contributed by atoms with E-state index in [-0.39, 0.29) is 0 Å². The number of pyridine rings is 1. The van der Waals surface area contributed by atoms with Crippen molar-refractivity contribution in [1.29, 1.82) is 0 Å². The lowest BCUT2D eigenvalue weighted by Gasteiger charge is -2.15. The van der Waals surface area contributed by atoms with E-state index in [1.165, 1.54) is 54.4 Å². The highest BCUT2D eigenvalue weighted by Crippen LogP contribution is 2.43. The molecule has 0 spiro atoms. The summed E-state index contributed by atoms with van der Waals surface area (Å²) >= 11 is 0. The van der Waals surface area contributed by atoms with Crippen molar-refractivity contribution in [2.75, 3.05) is 0 Å². The van der Waals surface area contributed by atoms with Gasteiger partial charge in [-0.25, -0.2) is 0 Å². The molecule has 0 fully saturated rings. The molecule has 9 rings (SSSR count). The van der Waals surface area contributed by atoms with Crippen LogP contribution in [-0.2, 0) is 0 Å². The van der Waals surface area contributed by atoms with E-state index in [1.807, 2.05) is 12.3 Å². The van der Waals surface area contributed by atoms with Crippen LogP contribution in [-0.4, -0.2) is 14.1 Å². The standard InChI is InChI=1S/C37H23N3/c1-2-12-26(13-3-1)39-31-16-6-4-14-27(31)29-21-22-30-28-15-5-7-17-32(28)40(37(30)36(29)39)33-18-8-10-24-19-20-25-11-9-23-38-35(25)34(24)33/h1-23H. The van der Waals surface area contributed by atoms with Crippen molar-refractivity contribution in [3.63, 3.8) is 0 Å². The predicted octanol–water partition coefficient (Wildman–Crippen LogP) is 9.58. The number of hydrogen-bond donors (Lipinski definition) is 0. The van der Waals surface area contributed by atoms with Crippen molar-refractivity contribution in [3.8, 4) is 11.4 Å². The lowest BCUT2D eigenvalue weighted by molar-refractivity contribution is 1.16. The van der Waals surface area contributed by atoms with Gasteiger partial charge in [-0.1, -0.05) is 97.1 Å². The van der Waals surface area contributed by atoms with Gasteiger partial charge in [0.1, 0.15) is 0 Å². The van der Waals surface area contributed by atoms with Gasteiger partial charge in [0.15, 0.2) is 0 Å². The van der Waals surface area contributed by atoms with E-state index >= 15 is 0 Å². The summed E-state index contributed by atoms with van der Waals surface area (Å²) < 4.78 is 4.91. The number of rotatable bonds is 2. The molecule has 3 nitrogen and oxygen atoms in total. The van der Waals surface area contributed by atoms with E-state index in [2.05, 4.69) is 137 Å². The molecule has 0 radical (unpaired) electrons. The summed E-state index contributed by atoms with van der Waals surface area (Å²) in [6.45, 7) is 0. The summed E-state index contributed by atoms with van der Waals surface area (Å²) in [7, 11) is 0. The Kier molecular flexibility index (Phi) is 4.33. The molecule has 6 aromatic carbocycles. The zero-order chi connectivity index (χ0) is 26.2. The van der Waals surface area contributed by atoms with Crippen LogP contribution in [0.15, 0.2) is 140 Å². The Hall–Kier alpha value is -5.41. The Morgan fingerprint density at radius 1 is 0.425 bits per heavy atom. The first-order chi connectivity index (χ1) is 19.9. The molecular formula is C37H23N3. The van der Waals surface area contributed by atoms with Crippen LogP contribution in [0.3, 0.4) is 0 Å². The zero-order valence-corrected chi connectivity index (χ0v) is 21.6. The second-order valence-corrected chi connectivity index (χ2v) is 10.4. The van der Waals surface area contributed by atoms with Gasteiger partial charge in [-0.3, -0.25) is 4.98 Å². The highest BCUT2D eigenvalue weighted by Gasteiger charge is 2.22. The maximum Gasteiger partial charge on any atom is 0.0801 e. The van der Waals surface area contributed by atoms with Crippen LogP contribution in [0, 0.1) is 0 Å². The van der Waals surface area contributed by atoms with Crippen LogP contribution in [0.25, 0.3) is 76.7 Å². The molecule has 0 aliphatic carbocycles. The summed E-state index contributed by atoms with van der Waals surface area (Å²) in [5, 5.41) is 8.49. The number of para-hydroxylation sites is 3. The maximum atomic E-state index is 4.88. The zero-order valence-electron chi connectivity index (χ0n) is 21.6. The Labute approximate surface area is 230 Å². The number of nitrogens with zero attached hydrogens (tertiary/aromatic N) is 3. The fourth-order valence-electron chi connectivity index (χ4n) is 6.68. The van der Waals surface area contributed by atoms with Crippen LogP contribution in [0.4, 0.5) is 0 Å². The highest BCUT2D eigenvalue weighted by atomic mass is 15.0. The Balaban J connectivity index is 1.58. The molecule has 0 amide bonds. The third kappa shape index (κ3) is 2.81. The summed E-state index contributed by atoms with van der Waals surface area (Å²) in [6.07, 6.45) is 1.90. The third-order valence-electron chi connectivity index (χ3n) is 8.32. The molecule has 0 aliphatic rings. The lowest BCUT2D eigenvalue weighted by atomic mass is 10.0. The fraction of sp³-hybridized carbons (Fsp3) is 0. The first-order valence-corrected chi connectivity index (χ1v) is 13.7. The van der Waals surface area contributed by atoms with E-state index in [0.717, 1.165) is 22.3 Å². The first-order valence-electron chi connectivity index (χ1n) is 13.7. The maximum absolute atomic E-state index is 4.88. The highest BCUT2D eigenvalue weighted by molar-refractivity contribution is 6.24. The van der Waals surface area contributed by atoms with Crippen molar-refractivity contribution in [2.45, 2.75) is 0 Å². The number of fused-ring (bicyclic) bond motifs is 10. The average molecular weight is 510 g/mol. The van der Waals surface area contributed by atoms with Gasteiger partial charge in [0.05, 0.1) is 33.3 Å². The van der Waals surface area contributed by atoms with Gasteiger partial charge in [-0.15, -0.1) is 0 Å². The van der Waals surface area contributed by atoms with Crippen LogP contribution in [0.1, 0.15) is 0 Å². The van der Waals surface area contributed by atoms with E-state index in [0.29, 0.717) is 0 Å². The van der Waals surface area contributed by atoms with E-state index in [9.17, 15) is 0 Å². The molecule has 0 aliphatic heterocycles. The second kappa shape index (κ2) is 8.05. The molecule has 0 unspecified atom stereocenters. The summed E-state index contributed by atoms with van der Waals surface area (Å²) in [5.74, 6) is 0. The lowest BCUT2D eigenvalue weighted by Crippen LogP contribution is -2.00. The van der Waals surface area contributed by atoms with Crippen molar-refractivity contribution < 1.29 is 0 Å². The normalized spacial score (nSPS) is 12.0. The molecule has 0 saturated heterocycles. The van der Waals surface area contributed by atoms with Crippen LogP contribution >= 0.6 is 0 Å². The number of hydrogen-bond acceptors (Lipinski definition) is 1. The van der Waals surface area contributed by atoms with E-state index in [4.69, 9.17) is 4.98 Å². The van der Waals surface area contributed by atoms with E-state index in [1.54, 1.807) is 0 Å². The largest absolute Gasteiger partial charge is 0.307 e. The number of aromatic nitrogens is 3. The summed E-state index contributed by atoms with van der Waals surface area (Å²) in [5.41, 5.74) is 8.14. The third-order valence-corrected chi connectivity index (χ3v) is 8.32. The van der Waals surface area contributed by atoms with Gasteiger partial charge in [0, 0.05) is 44.2 Å². The van der Waals surface area contributed by atoms with E-state index < -0.39 is 0 Å². The molecule has 0 saturated carbocycles. The molecule has 9 aromatic rings. The minimum atomic E-state index is 1.03. The number of benzene rings is 6. The van der Waals surface area contributed by atoms with Crippen LogP contribution in [0.2, 0.25) is 0 Å². The van der Waals surface area contributed by atoms with Gasteiger partial charge in [-0.2, -0.15) is 0 Å². The molecule has 0 N–H and O–H groups in total.